The fraction of sp³-hybridized carbons (Fsp3) is 0.167. The van der Waals surface area contributed by atoms with Gasteiger partial charge in [0, 0.05) is 22.9 Å². The molecule has 3 rings (SSSR count). The van der Waals surface area contributed by atoms with Crippen molar-refractivity contribution >= 4 is 17.4 Å². The number of Topliss-reactive ketones (excluding diaryl/α,β-unsaturated/α-hetero) is 1. The molecule has 0 unspecified atom stereocenters. The highest BCUT2D eigenvalue weighted by Crippen LogP contribution is 2.19. The first kappa shape index (κ1) is 19.4. The monoisotopic (exact) mass is 373 g/mol. The average Bonchev–Trinajstić information content (AvgIpc) is 2.69. The van der Waals surface area contributed by atoms with Crippen LogP contribution in [0.1, 0.15) is 37.4 Å². The van der Waals surface area contributed by atoms with Gasteiger partial charge in [-0.05, 0) is 62.2 Å². The minimum absolute atomic E-state index is 0.0577. The van der Waals surface area contributed by atoms with Crippen LogP contribution >= 0.6 is 0 Å². The van der Waals surface area contributed by atoms with Gasteiger partial charge in [-0.2, -0.15) is 0 Å². The standard InChI is InChI=1S/C24H23NO3/c1-16-7-10-19(11-8-16)24(27)25-21-5-4-6-22(14-21)28-15-23(26)20-12-9-17(2)18(3)13-20/h4-14H,15H2,1-3H3,(H,25,27). The minimum atomic E-state index is -0.191. The van der Waals surface area contributed by atoms with Gasteiger partial charge < -0.3 is 10.1 Å². The van der Waals surface area contributed by atoms with E-state index in [1.807, 2.05) is 51.1 Å². The third-order valence-electron chi connectivity index (χ3n) is 4.60. The Labute approximate surface area is 165 Å². The summed E-state index contributed by atoms with van der Waals surface area (Å²) in [7, 11) is 0. The van der Waals surface area contributed by atoms with Crippen LogP contribution in [0, 0.1) is 20.8 Å². The van der Waals surface area contributed by atoms with Crippen molar-refractivity contribution < 1.29 is 14.3 Å². The van der Waals surface area contributed by atoms with Gasteiger partial charge in [-0.15, -0.1) is 0 Å². The predicted molar refractivity (Wildman–Crippen MR) is 111 cm³/mol. The zero-order chi connectivity index (χ0) is 20.1. The molecule has 0 spiro atoms. The van der Waals surface area contributed by atoms with Crippen molar-refractivity contribution in [2.75, 3.05) is 11.9 Å². The van der Waals surface area contributed by atoms with E-state index in [1.54, 1.807) is 36.4 Å². The van der Waals surface area contributed by atoms with Crippen LogP contribution in [0.2, 0.25) is 0 Å². The summed E-state index contributed by atoms with van der Waals surface area (Å²) in [6.07, 6.45) is 0. The molecule has 0 saturated heterocycles. The molecule has 142 valence electrons. The quantitative estimate of drug-likeness (QED) is 0.610. The molecule has 28 heavy (non-hydrogen) atoms. The molecule has 0 saturated carbocycles. The van der Waals surface area contributed by atoms with Gasteiger partial charge in [-0.3, -0.25) is 9.59 Å². The third kappa shape index (κ3) is 4.86. The molecule has 4 nitrogen and oxygen atoms in total. The number of ketones is 1. The number of carbonyl (C=O) groups excluding carboxylic acids is 2. The predicted octanol–water partition coefficient (Wildman–Crippen LogP) is 5.13. The number of nitrogens with one attached hydrogen (secondary N) is 1. The highest BCUT2D eigenvalue weighted by molar-refractivity contribution is 6.04. The molecule has 4 heteroatoms. The normalized spacial score (nSPS) is 10.4. The minimum Gasteiger partial charge on any atom is -0.485 e. The first-order chi connectivity index (χ1) is 13.4. The van der Waals surface area contributed by atoms with E-state index in [1.165, 1.54) is 0 Å². The van der Waals surface area contributed by atoms with Crippen LogP contribution in [-0.2, 0) is 0 Å². The van der Waals surface area contributed by atoms with E-state index in [4.69, 9.17) is 4.74 Å². The Kier molecular flexibility index (Phi) is 5.90. The highest BCUT2D eigenvalue weighted by atomic mass is 16.5. The number of ether oxygens (including phenoxy) is 1. The zero-order valence-corrected chi connectivity index (χ0v) is 16.3. The molecule has 0 aliphatic rings. The summed E-state index contributed by atoms with van der Waals surface area (Å²) < 4.78 is 5.64. The molecule has 3 aromatic carbocycles. The van der Waals surface area contributed by atoms with Gasteiger partial charge in [-0.1, -0.05) is 35.9 Å². The number of hydrogen-bond donors (Lipinski definition) is 1. The van der Waals surface area contributed by atoms with Crippen LogP contribution in [0.4, 0.5) is 5.69 Å². The lowest BCUT2D eigenvalue weighted by Gasteiger charge is -2.10. The summed E-state index contributed by atoms with van der Waals surface area (Å²) >= 11 is 0. The third-order valence-corrected chi connectivity index (χ3v) is 4.60. The first-order valence-corrected chi connectivity index (χ1v) is 9.14. The molecule has 0 aliphatic carbocycles. The van der Waals surface area contributed by atoms with Gasteiger partial charge in [0.15, 0.2) is 12.4 Å². The number of anilines is 1. The van der Waals surface area contributed by atoms with Crippen molar-refractivity contribution in [3.05, 3.63) is 94.5 Å². The van der Waals surface area contributed by atoms with E-state index in [0.29, 0.717) is 22.6 Å². The lowest BCUT2D eigenvalue weighted by atomic mass is 10.0. The van der Waals surface area contributed by atoms with Gasteiger partial charge in [-0.25, -0.2) is 0 Å². The number of amides is 1. The summed E-state index contributed by atoms with van der Waals surface area (Å²) in [4.78, 5) is 24.7. The molecule has 0 radical (unpaired) electrons. The molecule has 0 aromatic heterocycles. The maximum absolute atomic E-state index is 12.4. The number of hydrogen-bond acceptors (Lipinski definition) is 3. The number of rotatable bonds is 6. The highest BCUT2D eigenvalue weighted by Gasteiger charge is 2.10. The van der Waals surface area contributed by atoms with E-state index in [2.05, 4.69) is 5.32 Å². The Morgan fingerprint density at radius 1 is 0.821 bits per heavy atom. The second-order valence-corrected chi connectivity index (χ2v) is 6.86. The van der Waals surface area contributed by atoms with Crippen LogP contribution in [0.25, 0.3) is 0 Å². The lowest BCUT2D eigenvalue weighted by Crippen LogP contribution is -2.13. The Balaban J connectivity index is 1.62. The first-order valence-electron chi connectivity index (χ1n) is 9.14. The van der Waals surface area contributed by atoms with E-state index in [-0.39, 0.29) is 18.3 Å². The Hall–Kier alpha value is -3.40. The molecule has 0 aliphatic heterocycles. The molecule has 0 fully saturated rings. The molecule has 0 atom stereocenters. The smallest absolute Gasteiger partial charge is 0.255 e. The van der Waals surface area contributed by atoms with E-state index >= 15 is 0 Å². The van der Waals surface area contributed by atoms with Crippen molar-refractivity contribution in [1.82, 2.24) is 0 Å². The number of benzene rings is 3. The summed E-state index contributed by atoms with van der Waals surface area (Å²) in [5, 5.41) is 2.85. The van der Waals surface area contributed by atoms with E-state index in [9.17, 15) is 9.59 Å². The van der Waals surface area contributed by atoms with Crippen molar-refractivity contribution in [1.29, 1.82) is 0 Å². The van der Waals surface area contributed by atoms with Crippen molar-refractivity contribution in [2.45, 2.75) is 20.8 Å². The van der Waals surface area contributed by atoms with Crippen LogP contribution in [-0.4, -0.2) is 18.3 Å². The maximum atomic E-state index is 12.4. The largest absolute Gasteiger partial charge is 0.485 e. The van der Waals surface area contributed by atoms with Crippen molar-refractivity contribution in [3.8, 4) is 5.75 Å². The van der Waals surface area contributed by atoms with Crippen LogP contribution in [0.3, 0.4) is 0 Å². The molecule has 1 N–H and O–H groups in total. The SMILES string of the molecule is Cc1ccc(C(=O)Nc2cccc(OCC(=O)c3ccc(C)c(C)c3)c2)cc1. The lowest BCUT2D eigenvalue weighted by molar-refractivity contribution is 0.0920. The molecular weight excluding hydrogens is 350 g/mol. The molecule has 3 aromatic rings. The van der Waals surface area contributed by atoms with Crippen LogP contribution in [0.15, 0.2) is 66.7 Å². The fourth-order valence-electron chi connectivity index (χ4n) is 2.72. The second kappa shape index (κ2) is 8.53. The average molecular weight is 373 g/mol. The van der Waals surface area contributed by atoms with Gasteiger partial charge in [0.1, 0.15) is 5.75 Å². The zero-order valence-electron chi connectivity index (χ0n) is 16.3. The Bertz CT molecular complexity index is 1010. The summed E-state index contributed by atoms with van der Waals surface area (Å²) in [5.41, 5.74) is 5.15. The molecular formula is C24H23NO3. The molecule has 0 heterocycles. The summed E-state index contributed by atoms with van der Waals surface area (Å²) in [5.74, 6) is 0.249. The van der Waals surface area contributed by atoms with Gasteiger partial charge >= 0.3 is 0 Å². The fourth-order valence-corrected chi connectivity index (χ4v) is 2.72. The van der Waals surface area contributed by atoms with Gasteiger partial charge in [0.05, 0.1) is 0 Å². The van der Waals surface area contributed by atoms with Crippen LogP contribution < -0.4 is 10.1 Å². The summed E-state index contributed by atoms with van der Waals surface area (Å²) in [6, 6.07) is 20.0. The summed E-state index contributed by atoms with van der Waals surface area (Å²) in [6.45, 7) is 5.91. The number of carbonyl (C=O) groups is 2. The Morgan fingerprint density at radius 2 is 1.54 bits per heavy atom. The van der Waals surface area contributed by atoms with Gasteiger partial charge in [0.25, 0.3) is 5.91 Å². The Morgan fingerprint density at radius 3 is 2.25 bits per heavy atom. The number of aryl methyl sites for hydroxylation is 3. The van der Waals surface area contributed by atoms with Crippen LogP contribution in [0.5, 0.6) is 5.75 Å². The van der Waals surface area contributed by atoms with Gasteiger partial charge in [0.2, 0.25) is 0 Å². The van der Waals surface area contributed by atoms with Crippen molar-refractivity contribution in [2.24, 2.45) is 0 Å². The van der Waals surface area contributed by atoms with E-state index in [0.717, 1.165) is 16.7 Å². The van der Waals surface area contributed by atoms with E-state index < -0.39 is 0 Å². The molecule has 1 amide bonds. The topological polar surface area (TPSA) is 55.4 Å². The molecule has 0 bridgehead atoms. The second-order valence-electron chi connectivity index (χ2n) is 6.86. The van der Waals surface area contributed by atoms with Crippen molar-refractivity contribution in [3.63, 3.8) is 0 Å². The maximum Gasteiger partial charge on any atom is 0.255 e.